The first-order valence-electron chi connectivity index (χ1n) is 11.7. The molecule has 1 aromatic carbocycles. The molecule has 2 fully saturated rings. The molecule has 34 heavy (non-hydrogen) atoms. The Morgan fingerprint density at radius 3 is 2.74 bits per heavy atom. The summed E-state index contributed by atoms with van der Waals surface area (Å²) in [5, 5.41) is 4.26. The van der Waals surface area contributed by atoms with Crippen LogP contribution in [0.4, 0.5) is 0 Å². The molecule has 0 aliphatic carbocycles. The van der Waals surface area contributed by atoms with Crippen LogP contribution >= 0.6 is 28.1 Å². The van der Waals surface area contributed by atoms with Gasteiger partial charge in [-0.25, -0.2) is 0 Å². The number of rotatable bonds is 7. The summed E-state index contributed by atoms with van der Waals surface area (Å²) in [6.45, 7) is 7.59. The standard InChI is InChI=1S/C26H29BrN4O2S/c1-18-6-7-19(20(27)17-18)22-8-9-23(33-22)25-24(21-5-2-3-10-28-21)29-26(34)31(25)12-4-11-30-13-15-32-16-14-30/h2-3,5-10,17,24-25H,4,11-16H2,1H3,(H,29,34)/t24-,25+/m0/s1. The maximum Gasteiger partial charge on any atom is 0.170 e. The summed E-state index contributed by atoms with van der Waals surface area (Å²) in [7, 11) is 0. The Hall–Kier alpha value is -2.26. The number of pyridine rings is 1. The highest BCUT2D eigenvalue weighted by Crippen LogP contribution is 2.41. The van der Waals surface area contributed by atoms with Gasteiger partial charge < -0.3 is 19.4 Å². The summed E-state index contributed by atoms with van der Waals surface area (Å²) >= 11 is 9.50. The van der Waals surface area contributed by atoms with E-state index >= 15 is 0 Å². The van der Waals surface area contributed by atoms with Crippen molar-refractivity contribution in [1.82, 2.24) is 20.1 Å². The summed E-state index contributed by atoms with van der Waals surface area (Å²) in [6, 6.07) is 16.3. The average molecular weight is 542 g/mol. The van der Waals surface area contributed by atoms with Crippen molar-refractivity contribution in [3.05, 3.63) is 76.2 Å². The Labute approximate surface area is 214 Å². The third-order valence-electron chi connectivity index (χ3n) is 6.48. The van der Waals surface area contributed by atoms with Crippen LogP contribution in [0.3, 0.4) is 0 Å². The van der Waals surface area contributed by atoms with Crippen LogP contribution in [0.1, 0.15) is 35.5 Å². The fraction of sp³-hybridized carbons (Fsp3) is 0.385. The largest absolute Gasteiger partial charge is 0.459 e. The Morgan fingerprint density at radius 1 is 1.12 bits per heavy atom. The number of halogens is 1. The molecule has 0 spiro atoms. The first-order valence-corrected chi connectivity index (χ1v) is 12.9. The van der Waals surface area contributed by atoms with E-state index in [4.69, 9.17) is 21.4 Å². The van der Waals surface area contributed by atoms with E-state index in [2.05, 4.69) is 67.2 Å². The molecule has 2 aliphatic heterocycles. The second-order valence-corrected chi connectivity index (χ2v) is 10.1. The minimum atomic E-state index is -0.0717. The molecule has 4 heterocycles. The minimum Gasteiger partial charge on any atom is -0.459 e. The lowest BCUT2D eigenvalue weighted by Gasteiger charge is -2.29. The Morgan fingerprint density at radius 2 is 1.97 bits per heavy atom. The average Bonchev–Trinajstić information content (AvgIpc) is 3.45. The van der Waals surface area contributed by atoms with Crippen molar-refractivity contribution in [2.24, 2.45) is 0 Å². The van der Waals surface area contributed by atoms with Gasteiger partial charge in [-0.1, -0.05) is 28.1 Å². The lowest BCUT2D eigenvalue weighted by Crippen LogP contribution is -2.38. The van der Waals surface area contributed by atoms with Crippen LogP contribution in [-0.2, 0) is 4.74 Å². The van der Waals surface area contributed by atoms with Gasteiger partial charge in [0, 0.05) is 42.4 Å². The SMILES string of the molecule is Cc1ccc(-c2ccc([C@@H]3[C@H](c4ccccn4)NC(=S)N3CCCN3CCOCC3)o2)c(Br)c1. The highest BCUT2D eigenvalue weighted by molar-refractivity contribution is 9.10. The molecule has 0 amide bonds. The second-order valence-electron chi connectivity index (χ2n) is 8.81. The summed E-state index contributed by atoms with van der Waals surface area (Å²) in [6.07, 6.45) is 2.85. The molecule has 2 aliphatic rings. The zero-order valence-corrected chi connectivity index (χ0v) is 21.6. The van der Waals surface area contributed by atoms with Gasteiger partial charge >= 0.3 is 0 Å². The first kappa shape index (κ1) is 23.5. The number of nitrogens with zero attached hydrogens (tertiary/aromatic N) is 3. The first-order chi connectivity index (χ1) is 16.6. The Kier molecular flexibility index (Phi) is 7.29. The van der Waals surface area contributed by atoms with Crippen molar-refractivity contribution >= 4 is 33.3 Å². The zero-order chi connectivity index (χ0) is 23.5. The Balaban J connectivity index is 1.41. The fourth-order valence-corrected chi connectivity index (χ4v) is 5.74. The summed E-state index contributed by atoms with van der Waals surface area (Å²) in [5.41, 5.74) is 3.20. The van der Waals surface area contributed by atoms with E-state index in [1.165, 1.54) is 5.56 Å². The maximum absolute atomic E-state index is 6.47. The number of furan rings is 1. The molecule has 5 rings (SSSR count). The van der Waals surface area contributed by atoms with E-state index in [9.17, 15) is 0 Å². The molecule has 2 aromatic heterocycles. The zero-order valence-electron chi connectivity index (χ0n) is 19.2. The van der Waals surface area contributed by atoms with Crippen LogP contribution < -0.4 is 5.32 Å². The molecule has 1 N–H and O–H groups in total. The van der Waals surface area contributed by atoms with Gasteiger partial charge in [0.25, 0.3) is 0 Å². The van der Waals surface area contributed by atoms with Crippen LogP contribution in [0, 0.1) is 6.92 Å². The van der Waals surface area contributed by atoms with Crippen LogP contribution in [0.25, 0.3) is 11.3 Å². The van der Waals surface area contributed by atoms with Crippen LogP contribution in [0.2, 0.25) is 0 Å². The van der Waals surface area contributed by atoms with Gasteiger partial charge in [0.05, 0.1) is 24.9 Å². The van der Waals surface area contributed by atoms with Gasteiger partial charge in [0.2, 0.25) is 0 Å². The lowest BCUT2D eigenvalue weighted by atomic mass is 10.0. The van der Waals surface area contributed by atoms with E-state index in [0.29, 0.717) is 0 Å². The molecular formula is C26H29BrN4O2S. The van der Waals surface area contributed by atoms with Crippen molar-refractivity contribution in [3.8, 4) is 11.3 Å². The molecule has 0 saturated carbocycles. The number of morpholine rings is 1. The number of nitrogens with one attached hydrogen (secondary N) is 1. The van der Waals surface area contributed by atoms with Gasteiger partial charge in [-0.2, -0.15) is 0 Å². The highest BCUT2D eigenvalue weighted by atomic mass is 79.9. The minimum absolute atomic E-state index is 0.0648. The molecule has 0 unspecified atom stereocenters. The molecule has 3 aromatic rings. The Bertz CT molecular complexity index is 1130. The van der Waals surface area contributed by atoms with Gasteiger partial charge in [-0.05, 0) is 67.5 Å². The fourth-order valence-electron chi connectivity index (χ4n) is 4.72. The van der Waals surface area contributed by atoms with E-state index < -0.39 is 0 Å². The molecule has 8 heteroatoms. The molecule has 178 valence electrons. The van der Waals surface area contributed by atoms with Gasteiger partial charge in [-0.3, -0.25) is 9.88 Å². The lowest BCUT2D eigenvalue weighted by molar-refractivity contribution is 0.0365. The van der Waals surface area contributed by atoms with Crippen molar-refractivity contribution in [2.45, 2.75) is 25.4 Å². The van der Waals surface area contributed by atoms with Gasteiger partial charge in [0.15, 0.2) is 5.11 Å². The molecular weight excluding hydrogens is 512 g/mol. The number of ether oxygens (including phenoxy) is 1. The predicted octanol–water partition coefficient (Wildman–Crippen LogP) is 5.11. The van der Waals surface area contributed by atoms with E-state index in [-0.39, 0.29) is 12.1 Å². The summed E-state index contributed by atoms with van der Waals surface area (Å²) < 4.78 is 13.0. The van der Waals surface area contributed by atoms with Crippen LogP contribution in [0.15, 0.2) is 63.6 Å². The highest BCUT2D eigenvalue weighted by Gasteiger charge is 2.41. The van der Waals surface area contributed by atoms with E-state index in [1.54, 1.807) is 0 Å². The van der Waals surface area contributed by atoms with Crippen molar-refractivity contribution in [2.75, 3.05) is 39.4 Å². The smallest absolute Gasteiger partial charge is 0.170 e. The van der Waals surface area contributed by atoms with E-state index in [0.717, 1.165) is 78.2 Å². The quantitative estimate of drug-likeness (QED) is 0.418. The number of hydrogen-bond acceptors (Lipinski definition) is 5. The summed E-state index contributed by atoms with van der Waals surface area (Å²) in [4.78, 5) is 9.35. The van der Waals surface area contributed by atoms with E-state index in [1.807, 2.05) is 30.5 Å². The molecule has 0 bridgehead atoms. The molecule has 2 saturated heterocycles. The molecule has 6 nitrogen and oxygen atoms in total. The number of aryl methyl sites for hydroxylation is 1. The van der Waals surface area contributed by atoms with Gasteiger partial charge in [-0.15, -0.1) is 0 Å². The van der Waals surface area contributed by atoms with Crippen molar-refractivity contribution in [3.63, 3.8) is 0 Å². The van der Waals surface area contributed by atoms with Crippen LogP contribution in [-0.4, -0.2) is 59.3 Å². The normalized spacial score (nSPS) is 21.1. The second kappa shape index (κ2) is 10.6. The molecule has 2 atom stereocenters. The number of benzene rings is 1. The monoisotopic (exact) mass is 540 g/mol. The number of hydrogen-bond donors (Lipinski definition) is 1. The van der Waals surface area contributed by atoms with Crippen molar-refractivity contribution < 1.29 is 9.15 Å². The van der Waals surface area contributed by atoms with Crippen LogP contribution in [0.5, 0.6) is 0 Å². The third kappa shape index (κ3) is 5.05. The number of thiocarbonyl (C=S) groups is 1. The maximum atomic E-state index is 6.47. The number of aromatic nitrogens is 1. The van der Waals surface area contributed by atoms with Gasteiger partial charge in [0.1, 0.15) is 17.6 Å². The molecule has 0 radical (unpaired) electrons. The third-order valence-corrected chi connectivity index (χ3v) is 7.49. The van der Waals surface area contributed by atoms with Crippen molar-refractivity contribution in [1.29, 1.82) is 0 Å². The summed E-state index contributed by atoms with van der Waals surface area (Å²) in [5.74, 6) is 1.73. The topological polar surface area (TPSA) is 53.8 Å². The predicted molar refractivity (Wildman–Crippen MR) is 141 cm³/mol.